The number of aromatic nitrogens is 3. The van der Waals surface area contributed by atoms with Gasteiger partial charge in [0.25, 0.3) is 0 Å². The number of rotatable bonds is 5. The van der Waals surface area contributed by atoms with E-state index in [0.29, 0.717) is 11.9 Å². The second kappa shape index (κ2) is 9.16. The minimum absolute atomic E-state index is 0.0636. The first kappa shape index (κ1) is 21.9. The number of benzene rings is 1. The number of piperidine rings is 1. The minimum Gasteiger partial charge on any atom is -0.474 e. The van der Waals surface area contributed by atoms with Crippen LogP contribution in [0.1, 0.15) is 74.2 Å². The molecular weight excluding hydrogens is 412 g/mol. The average molecular weight is 447 g/mol. The normalized spacial score (nSPS) is 18.7. The first-order valence-corrected chi connectivity index (χ1v) is 12.4. The maximum atomic E-state index is 13.0. The predicted octanol–water partition coefficient (Wildman–Crippen LogP) is 5.34. The summed E-state index contributed by atoms with van der Waals surface area (Å²) < 4.78 is 8.87. The number of nitrogens with zero attached hydrogens (tertiary/aromatic N) is 4. The molecule has 0 N–H and O–H groups in total. The molecule has 1 saturated carbocycles. The zero-order valence-corrected chi connectivity index (χ0v) is 20.0. The van der Waals surface area contributed by atoms with Crippen molar-refractivity contribution in [2.75, 3.05) is 13.1 Å². The quantitative estimate of drug-likeness (QED) is 0.531. The van der Waals surface area contributed by atoms with Crippen LogP contribution in [0.5, 0.6) is 5.88 Å². The van der Waals surface area contributed by atoms with Crippen LogP contribution in [-0.2, 0) is 4.79 Å². The number of hydrogen-bond donors (Lipinski definition) is 0. The van der Waals surface area contributed by atoms with Gasteiger partial charge in [0.2, 0.25) is 11.8 Å². The summed E-state index contributed by atoms with van der Waals surface area (Å²) in [7, 11) is 0. The average Bonchev–Trinajstić information content (AvgIpc) is 3.46. The number of ether oxygens (including phenoxy) is 1. The van der Waals surface area contributed by atoms with Gasteiger partial charge >= 0.3 is 0 Å². The van der Waals surface area contributed by atoms with E-state index in [9.17, 15) is 4.79 Å². The molecule has 1 aromatic carbocycles. The number of carbonyl (C=O) groups excluding carboxylic acids is 1. The number of hydrogen-bond acceptors (Lipinski definition) is 4. The summed E-state index contributed by atoms with van der Waals surface area (Å²) in [6.45, 7) is 7.78. The van der Waals surface area contributed by atoms with Crippen LogP contribution in [0.2, 0.25) is 0 Å². The highest BCUT2D eigenvalue weighted by molar-refractivity contribution is 5.87. The smallest absolute Gasteiger partial charge is 0.229 e. The lowest BCUT2D eigenvalue weighted by atomic mass is 9.98. The SMILES string of the molecule is Cc1c(C)n(C2CCCC2)c2ncnc(OC3CCN(C(=O)[C@@H](C)c4ccccc4)CC3)c12. The Kier molecular flexibility index (Phi) is 6.09. The third kappa shape index (κ3) is 4.11. The van der Waals surface area contributed by atoms with Gasteiger partial charge in [-0.15, -0.1) is 0 Å². The zero-order chi connectivity index (χ0) is 22.9. The largest absolute Gasteiger partial charge is 0.474 e. The Morgan fingerprint density at radius 3 is 2.42 bits per heavy atom. The molecule has 0 spiro atoms. The van der Waals surface area contributed by atoms with Crippen molar-refractivity contribution in [2.24, 2.45) is 0 Å². The molecule has 1 aliphatic carbocycles. The van der Waals surface area contributed by atoms with E-state index in [1.807, 2.05) is 42.2 Å². The fourth-order valence-corrected chi connectivity index (χ4v) is 5.60. The molecule has 2 fully saturated rings. The van der Waals surface area contributed by atoms with Crippen molar-refractivity contribution >= 4 is 16.9 Å². The van der Waals surface area contributed by atoms with Gasteiger partial charge < -0.3 is 14.2 Å². The molecule has 33 heavy (non-hydrogen) atoms. The van der Waals surface area contributed by atoms with Crippen molar-refractivity contribution in [2.45, 2.75) is 77.4 Å². The van der Waals surface area contributed by atoms with E-state index in [1.165, 1.54) is 36.9 Å². The van der Waals surface area contributed by atoms with Gasteiger partial charge in [-0.2, -0.15) is 0 Å². The van der Waals surface area contributed by atoms with Crippen LogP contribution >= 0.6 is 0 Å². The lowest BCUT2D eigenvalue weighted by Crippen LogP contribution is -2.43. The first-order valence-electron chi connectivity index (χ1n) is 12.4. The monoisotopic (exact) mass is 446 g/mol. The molecule has 5 rings (SSSR count). The Hall–Kier alpha value is -2.89. The van der Waals surface area contributed by atoms with Crippen molar-refractivity contribution in [1.82, 2.24) is 19.4 Å². The third-order valence-electron chi connectivity index (χ3n) is 7.69. The maximum absolute atomic E-state index is 13.0. The van der Waals surface area contributed by atoms with Crippen molar-refractivity contribution < 1.29 is 9.53 Å². The van der Waals surface area contributed by atoms with Crippen LogP contribution < -0.4 is 4.74 Å². The minimum atomic E-state index is -0.119. The number of aryl methyl sites for hydroxylation is 1. The molecule has 0 unspecified atom stereocenters. The molecule has 6 nitrogen and oxygen atoms in total. The molecule has 1 saturated heterocycles. The fraction of sp³-hybridized carbons (Fsp3) is 0.519. The van der Waals surface area contributed by atoms with Gasteiger partial charge in [-0.05, 0) is 44.7 Å². The molecule has 2 aromatic heterocycles. The maximum Gasteiger partial charge on any atom is 0.229 e. The molecule has 1 atom stereocenters. The molecule has 3 aromatic rings. The van der Waals surface area contributed by atoms with Crippen LogP contribution in [0.4, 0.5) is 0 Å². The second-order valence-corrected chi connectivity index (χ2v) is 9.67. The van der Waals surface area contributed by atoms with Crippen LogP contribution in [0.25, 0.3) is 11.0 Å². The standard InChI is InChI=1S/C27H34N4O2/c1-18-20(3)31(22-11-7-8-12-22)25-24(18)26(29-17-28-25)33-23-13-15-30(16-14-23)27(32)19(2)21-9-5-4-6-10-21/h4-6,9-10,17,19,22-23H,7-8,11-16H2,1-3H3/t19-/m0/s1. The van der Waals surface area contributed by atoms with Gasteiger partial charge in [0.1, 0.15) is 18.1 Å². The summed E-state index contributed by atoms with van der Waals surface area (Å²) in [6.07, 6.45) is 8.36. The Labute approximate surface area is 196 Å². The Bertz CT molecular complexity index is 1130. The molecular formula is C27H34N4O2. The molecule has 3 heterocycles. The van der Waals surface area contributed by atoms with Gasteiger partial charge in [-0.3, -0.25) is 4.79 Å². The second-order valence-electron chi connectivity index (χ2n) is 9.67. The highest BCUT2D eigenvalue weighted by Gasteiger charge is 2.29. The van der Waals surface area contributed by atoms with Crippen molar-refractivity contribution in [1.29, 1.82) is 0 Å². The van der Waals surface area contributed by atoms with Gasteiger partial charge in [0.15, 0.2) is 0 Å². The van der Waals surface area contributed by atoms with Crippen molar-refractivity contribution in [3.63, 3.8) is 0 Å². The van der Waals surface area contributed by atoms with Crippen LogP contribution in [0.3, 0.4) is 0 Å². The summed E-state index contributed by atoms with van der Waals surface area (Å²) in [5, 5.41) is 1.05. The summed E-state index contributed by atoms with van der Waals surface area (Å²) >= 11 is 0. The fourth-order valence-electron chi connectivity index (χ4n) is 5.60. The number of likely N-dealkylation sites (tertiary alicyclic amines) is 1. The molecule has 6 heteroatoms. The Morgan fingerprint density at radius 2 is 1.73 bits per heavy atom. The topological polar surface area (TPSA) is 60.2 Å². The Balaban J connectivity index is 1.29. The number of fused-ring (bicyclic) bond motifs is 1. The molecule has 174 valence electrons. The highest BCUT2D eigenvalue weighted by Crippen LogP contribution is 2.38. The van der Waals surface area contributed by atoms with Gasteiger partial charge in [-0.25, -0.2) is 9.97 Å². The van der Waals surface area contributed by atoms with E-state index in [4.69, 9.17) is 4.74 Å². The first-order chi connectivity index (χ1) is 16.0. The van der Waals surface area contributed by atoms with Crippen LogP contribution in [0.15, 0.2) is 36.7 Å². The Morgan fingerprint density at radius 1 is 1.03 bits per heavy atom. The highest BCUT2D eigenvalue weighted by atomic mass is 16.5. The van der Waals surface area contributed by atoms with Crippen molar-refractivity contribution in [3.8, 4) is 5.88 Å². The summed E-state index contributed by atoms with van der Waals surface area (Å²) in [5.74, 6) is 0.773. The third-order valence-corrected chi connectivity index (χ3v) is 7.69. The summed E-state index contributed by atoms with van der Waals surface area (Å²) in [4.78, 5) is 24.2. The molecule has 0 radical (unpaired) electrons. The van der Waals surface area contributed by atoms with E-state index in [1.54, 1.807) is 6.33 Å². The molecule has 0 bridgehead atoms. The van der Waals surface area contributed by atoms with E-state index in [-0.39, 0.29) is 17.9 Å². The van der Waals surface area contributed by atoms with E-state index >= 15 is 0 Å². The predicted molar refractivity (Wildman–Crippen MR) is 130 cm³/mol. The van der Waals surface area contributed by atoms with Crippen LogP contribution in [0, 0.1) is 13.8 Å². The van der Waals surface area contributed by atoms with Gasteiger partial charge in [-0.1, -0.05) is 43.2 Å². The number of amides is 1. The molecule has 2 aliphatic rings. The lowest BCUT2D eigenvalue weighted by Gasteiger charge is -2.33. The van der Waals surface area contributed by atoms with Gasteiger partial charge in [0, 0.05) is 37.7 Å². The molecule has 1 amide bonds. The van der Waals surface area contributed by atoms with E-state index in [0.717, 1.165) is 42.5 Å². The van der Waals surface area contributed by atoms with Gasteiger partial charge in [0.05, 0.1) is 11.3 Å². The zero-order valence-electron chi connectivity index (χ0n) is 20.0. The van der Waals surface area contributed by atoms with Crippen molar-refractivity contribution in [3.05, 3.63) is 53.5 Å². The van der Waals surface area contributed by atoms with Crippen LogP contribution in [-0.4, -0.2) is 44.5 Å². The summed E-state index contributed by atoms with van der Waals surface area (Å²) in [5.41, 5.74) is 4.57. The van der Waals surface area contributed by atoms with E-state index < -0.39 is 0 Å². The lowest BCUT2D eigenvalue weighted by molar-refractivity contribution is -0.134. The summed E-state index contributed by atoms with van der Waals surface area (Å²) in [6, 6.07) is 10.6. The molecule has 1 aliphatic heterocycles. The number of carbonyl (C=O) groups is 1. The van der Waals surface area contributed by atoms with E-state index in [2.05, 4.69) is 28.4 Å².